The van der Waals surface area contributed by atoms with Gasteiger partial charge < -0.3 is 4.74 Å². The highest BCUT2D eigenvalue weighted by Crippen LogP contribution is 2.38. The molecule has 0 aliphatic rings. The van der Waals surface area contributed by atoms with Crippen molar-refractivity contribution < 1.29 is 18.4 Å². The maximum Gasteiger partial charge on any atom is 0.337 e. The number of hydrogen-bond acceptors (Lipinski definition) is 7. The van der Waals surface area contributed by atoms with Crippen LogP contribution in [-0.4, -0.2) is 46.3 Å². The van der Waals surface area contributed by atoms with Gasteiger partial charge in [0, 0.05) is 42.8 Å². The fourth-order valence-electron chi connectivity index (χ4n) is 4.77. The molecule has 0 spiro atoms. The minimum atomic E-state index is -0.820. The van der Waals surface area contributed by atoms with Crippen molar-refractivity contribution in [2.45, 2.75) is 13.1 Å². The Morgan fingerprint density at radius 3 is 2.24 bits per heavy atom. The van der Waals surface area contributed by atoms with Crippen LogP contribution in [0.4, 0.5) is 14.5 Å². The van der Waals surface area contributed by atoms with Gasteiger partial charge in [-0.1, -0.05) is 24.3 Å². The van der Waals surface area contributed by atoms with Crippen LogP contribution in [0.5, 0.6) is 0 Å². The van der Waals surface area contributed by atoms with E-state index >= 15 is 0 Å². The summed E-state index contributed by atoms with van der Waals surface area (Å²) in [5.74, 6) is -1.64. The highest BCUT2D eigenvalue weighted by atomic mass is 32.1. The molecule has 0 fully saturated rings. The first-order valence-corrected chi connectivity index (χ1v) is 13.7. The van der Waals surface area contributed by atoms with Gasteiger partial charge in [-0.15, -0.1) is 11.3 Å². The highest BCUT2D eigenvalue weighted by Gasteiger charge is 2.25. The van der Waals surface area contributed by atoms with Crippen LogP contribution < -0.4 is 11.2 Å². The van der Waals surface area contributed by atoms with Crippen molar-refractivity contribution >= 4 is 27.2 Å². The van der Waals surface area contributed by atoms with Crippen LogP contribution in [0, 0.1) is 21.7 Å². The maximum absolute atomic E-state index is 14.8. The number of methoxy groups -OCH3 is 1. The minimum Gasteiger partial charge on any atom is -0.383 e. The summed E-state index contributed by atoms with van der Waals surface area (Å²) in [5.41, 5.74) is -0.263. The van der Waals surface area contributed by atoms with Crippen molar-refractivity contribution in [2.24, 2.45) is 0 Å². The zero-order chi connectivity index (χ0) is 30.0. The van der Waals surface area contributed by atoms with Crippen LogP contribution in [0.25, 0.3) is 26.3 Å². The average molecular weight is 593 g/mol. The number of fused-ring (bicyclic) bond motifs is 1. The predicted molar refractivity (Wildman–Crippen MR) is 157 cm³/mol. The van der Waals surface area contributed by atoms with Gasteiger partial charge in [-0.25, -0.2) is 18.1 Å². The number of nitrogens with zero attached hydrogens (tertiary/aromatic N) is 4. The number of likely N-dealkylation sites (N-methyl/N-ethyl adjacent to an activating group) is 1. The molecule has 2 heterocycles. The van der Waals surface area contributed by atoms with E-state index < -0.39 is 34.4 Å². The van der Waals surface area contributed by atoms with E-state index in [2.05, 4.69) is 0 Å². The summed E-state index contributed by atoms with van der Waals surface area (Å²) < 4.78 is 37.1. The summed E-state index contributed by atoms with van der Waals surface area (Å²) in [6, 6.07) is 17.7. The highest BCUT2D eigenvalue weighted by molar-refractivity contribution is 7.22. The van der Waals surface area contributed by atoms with E-state index in [1.165, 1.54) is 22.8 Å². The van der Waals surface area contributed by atoms with Crippen molar-refractivity contribution in [3.8, 4) is 16.1 Å². The Labute approximate surface area is 242 Å². The smallest absolute Gasteiger partial charge is 0.337 e. The van der Waals surface area contributed by atoms with Crippen molar-refractivity contribution in [3.63, 3.8) is 0 Å². The number of benzene rings is 3. The first-order valence-electron chi connectivity index (χ1n) is 12.9. The Hall–Kier alpha value is -4.52. The molecule has 2 aromatic heterocycles. The molecule has 216 valence electrons. The van der Waals surface area contributed by atoms with E-state index in [1.807, 2.05) is 11.9 Å². The van der Waals surface area contributed by atoms with Gasteiger partial charge in [0.15, 0.2) is 0 Å². The molecule has 0 saturated heterocycles. The Balaban J connectivity index is 1.85. The molecule has 0 unspecified atom stereocenters. The summed E-state index contributed by atoms with van der Waals surface area (Å²) in [7, 11) is 3.43. The third kappa shape index (κ3) is 5.51. The van der Waals surface area contributed by atoms with Crippen LogP contribution in [0.3, 0.4) is 0 Å². The number of rotatable bonds is 10. The van der Waals surface area contributed by atoms with Crippen LogP contribution in [0.15, 0.2) is 82.4 Å². The molecule has 5 rings (SSSR count). The summed E-state index contributed by atoms with van der Waals surface area (Å²) in [5, 5.41) is 11.5. The van der Waals surface area contributed by atoms with Crippen LogP contribution in [-0.2, 0) is 17.8 Å². The molecule has 0 N–H and O–H groups in total. The van der Waals surface area contributed by atoms with E-state index in [-0.39, 0.29) is 28.0 Å². The Kier molecular flexibility index (Phi) is 8.39. The second kappa shape index (κ2) is 12.1. The third-order valence-electron chi connectivity index (χ3n) is 6.91. The lowest BCUT2D eigenvalue weighted by Gasteiger charge is -2.17. The summed E-state index contributed by atoms with van der Waals surface area (Å²) in [6.07, 6.45) is 0. The number of para-hydroxylation sites is 1. The normalized spacial score (nSPS) is 11.5. The molecule has 0 bridgehead atoms. The molecule has 0 atom stereocenters. The molecule has 0 aliphatic heterocycles. The minimum absolute atomic E-state index is 0.100. The summed E-state index contributed by atoms with van der Waals surface area (Å²) in [6.45, 7) is 0.767. The fraction of sp³-hybridized carbons (Fsp3) is 0.200. The fourth-order valence-corrected chi connectivity index (χ4v) is 6.07. The number of hydrogen-bond donors (Lipinski definition) is 0. The van der Waals surface area contributed by atoms with Gasteiger partial charge in [-0.2, -0.15) is 0 Å². The number of aromatic nitrogens is 2. The molecule has 5 aromatic rings. The molecular weight excluding hydrogens is 566 g/mol. The van der Waals surface area contributed by atoms with Crippen molar-refractivity contribution in [2.75, 3.05) is 27.3 Å². The van der Waals surface area contributed by atoms with Gasteiger partial charge in [0.25, 0.3) is 11.2 Å². The largest absolute Gasteiger partial charge is 0.383 e. The molecular formula is C30H26F2N4O5S. The summed E-state index contributed by atoms with van der Waals surface area (Å²) >= 11 is 1.12. The van der Waals surface area contributed by atoms with E-state index in [9.17, 15) is 28.5 Å². The topological polar surface area (TPSA) is 99.6 Å². The Bertz CT molecular complexity index is 1860. The standard InChI is InChI=1S/C30H26F2N4O5S/c1-33(15-16-41-2)17-23-26-28(37)35(20-7-4-3-5-8-20)30(38)34(18-22-24(31)9-6-10-25(22)32)29(26)42-27(23)19-11-13-21(14-12-19)36(39)40/h3-14H,15-18H2,1-2H3. The first-order chi connectivity index (χ1) is 20.2. The number of ether oxygens (including phenoxy) is 1. The van der Waals surface area contributed by atoms with Crippen molar-refractivity contribution in [1.82, 2.24) is 14.0 Å². The zero-order valence-corrected chi connectivity index (χ0v) is 23.6. The number of nitro groups is 1. The first kappa shape index (κ1) is 29.0. The van der Waals surface area contributed by atoms with Gasteiger partial charge >= 0.3 is 5.69 Å². The molecule has 12 heteroatoms. The van der Waals surface area contributed by atoms with E-state index in [0.717, 1.165) is 28.0 Å². The molecule has 0 amide bonds. The molecule has 0 radical (unpaired) electrons. The maximum atomic E-state index is 14.8. The van der Waals surface area contributed by atoms with E-state index in [4.69, 9.17) is 4.74 Å². The van der Waals surface area contributed by atoms with Gasteiger partial charge in [-0.05, 0) is 54.6 Å². The van der Waals surface area contributed by atoms with Gasteiger partial charge in [0.2, 0.25) is 0 Å². The third-order valence-corrected chi connectivity index (χ3v) is 8.21. The quantitative estimate of drug-likeness (QED) is 0.163. The molecule has 3 aromatic carbocycles. The van der Waals surface area contributed by atoms with Crippen molar-refractivity contribution in [3.05, 3.63) is 127 Å². The Morgan fingerprint density at radius 2 is 1.62 bits per heavy atom. The zero-order valence-electron chi connectivity index (χ0n) is 22.8. The molecule has 42 heavy (non-hydrogen) atoms. The number of nitro benzene ring substituents is 1. The second-order valence-corrected chi connectivity index (χ2v) is 10.7. The monoisotopic (exact) mass is 592 g/mol. The lowest BCUT2D eigenvalue weighted by Crippen LogP contribution is -2.39. The van der Waals surface area contributed by atoms with Crippen molar-refractivity contribution in [1.29, 1.82) is 0 Å². The summed E-state index contributed by atoms with van der Waals surface area (Å²) in [4.78, 5) is 41.7. The second-order valence-electron chi connectivity index (χ2n) is 9.67. The van der Waals surface area contributed by atoms with Gasteiger partial charge in [0.1, 0.15) is 16.5 Å². The Morgan fingerprint density at radius 1 is 0.952 bits per heavy atom. The number of thiophene rings is 1. The lowest BCUT2D eigenvalue weighted by molar-refractivity contribution is -0.384. The van der Waals surface area contributed by atoms with E-state index in [1.54, 1.807) is 49.6 Å². The van der Waals surface area contributed by atoms with Crippen LogP contribution >= 0.6 is 11.3 Å². The van der Waals surface area contributed by atoms with Crippen LogP contribution in [0.2, 0.25) is 0 Å². The number of halogens is 2. The molecule has 0 saturated carbocycles. The number of non-ortho nitro benzene ring substituents is 1. The SMILES string of the molecule is COCCN(C)Cc1c(-c2ccc([N+](=O)[O-])cc2)sc2c1c(=O)n(-c1ccccc1)c(=O)n2Cc1c(F)cccc1F. The van der Waals surface area contributed by atoms with Gasteiger partial charge in [0.05, 0.1) is 29.1 Å². The predicted octanol–water partition coefficient (Wildman–Crippen LogP) is 5.19. The van der Waals surface area contributed by atoms with Crippen LogP contribution in [0.1, 0.15) is 11.1 Å². The van der Waals surface area contributed by atoms with Gasteiger partial charge in [-0.3, -0.25) is 24.4 Å². The molecule has 9 nitrogen and oxygen atoms in total. The van der Waals surface area contributed by atoms with E-state index in [0.29, 0.717) is 34.8 Å². The lowest BCUT2D eigenvalue weighted by atomic mass is 10.1. The average Bonchev–Trinajstić information content (AvgIpc) is 3.35. The molecule has 0 aliphatic carbocycles.